The molecule has 0 saturated heterocycles. The minimum Gasteiger partial charge on any atom is -0.439 e. The van der Waals surface area contributed by atoms with E-state index in [1.807, 2.05) is 0 Å². The minimum absolute atomic E-state index is 0.0185. The zero-order chi connectivity index (χ0) is 10.8. The van der Waals surface area contributed by atoms with Crippen molar-refractivity contribution in [2.45, 2.75) is 5.88 Å². The number of rotatable bonds is 3. The standard InChI is InChI=1S/C10H7BrClNO2/c11-4-7(14)6-2-1-3-8-10(6)13-9(5-12)15-8/h1-3H,4-5H2. The highest BCUT2D eigenvalue weighted by Crippen LogP contribution is 2.21. The Morgan fingerprint density at radius 1 is 1.53 bits per heavy atom. The zero-order valence-electron chi connectivity index (χ0n) is 7.67. The van der Waals surface area contributed by atoms with E-state index in [1.54, 1.807) is 18.2 Å². The molecule has 0 amide bonds. The first kappa shape index (κ1) is 10.6. The maximum absolute atomic E-state index is 11.6. The van der Waals surface area contributed by atoms with Crippen LogP contribution in [0.5, 0.6) is 0 Å². The van der Waals surface area contributed by atoms with E-state index in [2.05, 4.69) is 20.9 Å². The average Bonchev–Trinajstić information content (AvgIpc) is 2.70. The van der Waals surface area contributed by atoms with Crippen LogP contribution in [0.1, 0.15) is 16.2 Å². The van der Waals surface area contributed by atoms with E-state index in [4.69, 9.17) is 16.0 Å². The van der Waals surface area contributed by atoms with E-state index in [0.29, 0.717) is 22.6 Å². The van der Waals surface area contributed by atoms with Crippen LogP contribution in [0.25, 0.3) is 11.1 Å². The molecule has 0 atom stereocenters. The summed E-state index contributed by atoms with van der Waals surface area (Å²) in [4.78, 5) is 15.7. The molecule has 0 aliphatic rings. The van der Waals surface area contributed by atoms with E-state index < -0.39 is 0 Å². The molecule has 1 heterocycles. The van der Waals surface area contributed by atoms with E-state index >= 15 is 0 Å². The van der Waals surface area contributed by atoms with Gasteiger partial charge in [-0.05, 0) is 12.1 Å². The number of hydrogen-bond donors (Lipinski definition) is 0. The van der Waals surface area contributed by atoms with Gasteiger partial charge in [-0.1, -0.05) is 22.0 Å². The van der Waals surface area contributed by atoms with Crippen LogP contribution in [0.15, 0.2) is 22.6 Å². The fraction of sp³-hybridized carbons (Fsp3) is 0.200. The van der Waals surface area contributed by atoms with Crippen molar-refractivity contribution in [3.63, 3.8) is 0 Å². The van der Waals surface area contributed by atoms with Crippen molar-refractivity contribution >= 4 is 44.4 Å². The van der Waals surface area contributed by atoms with Crippen LogP contribution in [-0.4, -0.2) is 16.1 Å². The lowest BCUT2D eigenvalue weighted by Gasteiger charge is -1.95. The molecule has 0 radical (unpaired) electrons. The van der Waals surface area contributed by atoms with Gasteiger partial charge >= 0.3 is 0 Å². The smallest absolute Gasteiger partial charge is 0.210 e. The summed E-state index contributed by atoms with van der Waals surface area (Å²) in [6, 6.07) is 5.26. The maximum Gasteiger partial charge on any atom is 0.210 e. The van der Waals surface area contributed by atoms with Gasteiger partial charge in [0.1, 0.15) is 5.52 Å². The number of para-hydroxylation sites is 1. The third-order valence-corrected chi connectivity index (χ3v) is 2.74. The summed E-state index contributed by atoms with van der Waals surface area (Å²) in [5, 5.41) is 0.273. The molecule has 0 spiro atoms. The molecule has 0 fully saturated rings. The van der Waals surface area contributed by atoms with Gasteiger partial charge in [-0.3, -0.25) is 4.79 Å². The second-order valence-corrected chi connectivity index (χ2v) is 3.78. The molecule has 0 aliphatic heterocycles. The molecular weight excluding hydrogens is 281 g/mol. The summed E-state index contributed by atoms with van der Waals surface area (Å²) in [5.41, 5.74) is 1.74. The number of ketones is 1. The molecule has 1 aromatic heterocycles. The Kier molecular flexibility index (Phi) is 3.07. The lowest BCUT2D eigenvalue weighted by atomic mass is 10.1. The van der Waals surface area contributed by atoms with Gasteiger partial charge in [0.25, 0.3) is 0 Å². The van der Waals surface area contributed by atoms with Crippen LogP contribution in [0.4, 0.5) is 0 Å². The number of alkyl halides is 2. The van der Waals surface area contributed by atoms with Crippen molar-refractivity contribution in [1.29, 1.82) is 0 Å². The third-order valence-electron chi connectivity index (χ3n) is 2.00. The number of nitrogens with zero attached hydrogens (tertiary/aromatic N) is 1. The van der Waals surface area contributed by atoms with Crippen LogP contribution < -0.4 is 0 Å². The SMILES string of the molecule is O=C(CBr)c1cccc2oc(CCl)nc12. The largest absolute Gasteiger partial charge is 0.439 e. The molecule has 78 valence electrons. The van der Waals surface area contributed by atoms with E-state index in [9.17, 15) is 4.79 Å². The highest BCUT2D eigenvalue weighted by Gasteiger charge is 2.13. The van der Waals surface area contributed by atoms with Gasteiger partial charge in [0.05, 0.1) is 11.2 Å². The summed E-state index contributed by atoms with van der Waals surface area (Å²) in [5.74, 6) is 0.618. The quantitative estimate of drug-likeness (QED) is 0.644. The Balaban J connectivity index is 2.64. The minimum atomic E-state index is -0.0185. The van der Waals surface area contributed by atoms with E-state index in [0.717, 1.165) is 0 Å². The van der Waals surface area contributed by atoms with Crippen LogP contribution in [0.3, 0.4) is 0 Å². The van der Waals surface area contributed by atoms with Crippen LogP contribution in [0, 0.1) is 0 Å². The third kappa shape index (κ3) is 1.92. The van der Waals surface area contributed by atoms with Crippen LogP contribution in [0.2, 0.25) is 0 Å². The van der Waals surface area contributed by atoms with Crippen LogP contribution in [-0.2, 0) is 5.88 Å². The van der Waals surface area contributed by atoms with Gasteiger partial charge in [-0.15, -0.1) is 11.6 Å². The number of hydrogen-bond acceptors (Lipinski definition) is 3. The van der Waals surface area contributed by atoms with Gasteiger partial charge in [0.15, 0.2) is 11.4 Å². The number of fused-ring (bicyclic) bond motifs is 1. The van der Waals surface area contributed by atoms with Crippen LogP contribution >= 0.6 is 27.5 Å². The molecule has 0 N–H and O–H groups in total. The normalized spacial score (nSPS) is 10.8. The van der Waals surface area contributed by atoms with E-state index in [1.165, 1.54) is 0 Å². The van der Waals surface area contributed by atoms with Crippen molar-refractivity contribution in [2.75, 3.05) is 5.33 Å². The molecule has 3 nitrogen and oxygen atoms in total. The molecule has 2 rings (SSSR count). The number of aromatic nitrogens is 1. The number of oxazole rings is 1. The number of carbonyl (C=O) groups is 1. The van der Waals surface area contributed by atoms with E-state index in [-0.39, 0.29) is 17.0 Å². The van der Waals surface area contributed by atoms with Gasteiger partial charge in [0.2, 0.25) is 5.89 Å². The Morgan fingerprint density at radius 3 is 3.00 bits per heavy atom. The second kappa shape index (κ2) is 4.33. The lowest BCUT2D eigenvalue weighted by molar-refractivity contribution is 0.102. The number of benzene rings is 1. The summed E-state index contributed by atoms with van der Waals surface area (Å²) in [6.07, 6.45) is 0. The first-order chi connectivity index (χ1) is 7.26. The first-order valence-corrected chi connectivity index (χ1v) is 5.95. The Morgan fingerprint density at radius 2 is 2.33 bits per heavy atom. The molecule has 1 aromatic carbocycles. The fourth-order valence-electron chi connectivity index (χ4n) is 1.35. The van der Waals surface area contributed by atoms with Gasteiger partial charge in [-0.2, -0.15) is 0 Å². The van der Waals surface area contributed by atoms with Crippen molar-refractivity contribution in [3.8, 4) is 0 Å². The first-order valence-electron chi connectivity index (χ1n) is 4.30. The highest BCUT2D eigenvalue weighted by atomic mass is 79.9. The van der Waals surface area contributed by atoms with Crippen molar-refractivity contribution in [1.82, 2.24) is 4.98 Å². The van der Waals surface area contributed by atoms with Crippen molar-refractivity contribution < 1.29 is 9.21 Å². The van der Waals surface area contributed by atoms with Crippen molar-refractivity contribution in [3.05, 3.63) is 29.7 Å². The maximum atomic E-state index is 11.6. The molecule has 0 saturated carbocycles. The monoisotopic (exact) mass is 287 g/mol. The molecule has 15 heavy (non-hydrogen) atoms. The summed E-state index contributed by atoms with van der Waals surface area (Å²) < 4.78 is 5.34. The average molecular weight is 289 g/mol. The molecule has 0 unspecified atom stereocenters. The Bertz CT molecular complexity index is 509. The van der Waals surface area contributed by atoms with Crippen molar-refractivity contribution in [2.24, 2.45) is 0 Å². The topological polar surface area (TPSA) is 43.1 Å². The molecule has 0 aliphatic carbocycles. The predicted molar refractivity (Wildman–Crippen MR) is 61.7 cm³/mol. The van der Waals surface area contributed by atoms with Gasteiger partial charge in [0, 0.05) is 5.56 Å². The summed E-state index contributed by atoms with van der Waals surface area (Å²) >= 11 is 8.74. The number of halogens is 2. The summed E-state index contributed by atoms with van der Waals surface area (Å²) in [7, 11) is 0. The molecular formula is C10H7BrClNO2. The highest BCUT2D eigenvalue weighted by molar-refractivity contribution is 9.09. The fourth-order valence-corrected chi connectivity index (χ4v) is 1.76. The van der Waals surface area contributed by atoms with Gasteiger partial charge < -0.3 is 4.42 Å². The molecule has 0 bridgehead atoms. The number of carbonyl (C=O) groups excluding carboxylic acids is 1. The molecule has 2 aromatic rings. The predicted octanol–water partition coefficient (Wildman–Crippen LogP) is 3.14. The second-order valence-electron chi connectivity index (χ2n) is 2.95. The zero-order valence-corrected chi connectivity index (χ0v) is 10.0. The molecule has 5 heteroatoms. The number of Topliss-reactive ketones (excluding diaryl/α,β-unsaturated/α-hetero) is 1. The Hall–Kier alpha value is -0.870. The van der Waals surface area contributed by atoms with Gasteiger partial charge in [-0.25, -0.2) is 4.98 Å². The Labute approximate surface area is 99.6 Å². The lowest BCUT2D eigenvalue weighted by Crippen LogP contribution is -2.00. The summed E-state index contributed by atoms with van der Waals surface area (Å²) in [6.45, 7) is 0.